The quantitative estimate of drug-likeness (QED) is 0.690. The molecule has 2 rings (SSSR count). The molecule has 0 bridgehead atoms. The number of anilines is 2. The van der Waals surface area contributed by atoms with Crippen LogP contribution in [-0.4, -0.2) is 33.2 Å². The fraction of sp³-hybridized carbons (Fsp3) is 0.111. The van der Waals surface area contributed by atoms with E-state index in [1.807, 2.05) is 0 Å². The van der Waals surface area contributed by atoms with Crippen molar-refractivity contribution < 1.29 is 9.53 Å². The van der Waals surface area contributed by atoms with Crippen molar-refractivity contribution in [1.82, 2.24) is 20.2 Å². The Kier molecular flexibility index (Phi) is 2.86. The summed E-state index contributed by atoms with van der Waals surface area (Å²) in [4.78, 5) is 19.3. The standard InChI is InChI=1S/C9H10N6O2/c1-17-6-3-2-5(4-11-6)12-8(16)7-13-9(10)15-14-7/h2-4H,1H3,(H,12,16)(H3,10,13,14,15). The topological polar surface area (TPSA) is 119 Å². The number of carbonyl (C=O) groups excluding carboxylic acids is 1. The highest BCUT2D eigenvalue weighted by Gasteiger charge is 2.10. The Hall–Kier alpha value is -2.64. The van der Waals surface area contributed by atoms with Crippen LogP contribution in [0.4, 0.5) is 11.6 Å². The third-order valence-electron chi connectivity index (χ3n) is 1.92. The molecule has 0 saturated heterocycles. The van der Waals surface area contributed by atoms with Gasteiger partial charge < -0.3 is 15.8 Å². The SMILES string of the molecule is COc1ccc(NC(=O)c2nc(N)n[nH]2)cn1. The van der Waals surface area contributed by atoms with Gasteiger partial charge in [0, 0.05) is 6.07 Å². The molecule has 88 valence electrons. The summed E-state index contributed by atoms with van der Waals surface area (Å²) in [5.41, 5.74) is 5.80. The number of carbonyl (C=O) groups is 1. The van der Waals surface area contributed by atoms with E-state index in [-0.39, 0.29) is 11.8 Å². The Morgan fingerprint density at radius 3 is 2.88 bits per heavy atom. The number of H-pyrrole nitrogens is 1. The number of amides is 1. The molecule has 2 aromatic rings. The van der Waals surface area contributed by atoms with Crippen LogP contribution in [-0.2, 0) is 0 Å². The van der Waals surface area contributed by atoms with Gasteiger partial charge in [-0.2, -0.15) is 4.98 Å². The molecule has 0 saturated carbocycles. The number of pyridine rings is 1. The number of nitrogens with two attached hydrogens (primary N) is 1. The van der Waals surface area contributed by atoms with Gasteiger partial charge >= 0.3 is 0 Å². The van der Waals surface area contributed by atoms with Crippen LogP contribution in [0.25, 0.3) is 0 Å². The molecule has 2 aromatic heterocycles. The first-order valence-corrected chi connectivity index (χ1v) is 4.68. The Morgan fingerprint density at radius 1 is 1.53 bits per heavy atom. The van der Waals surface area contributed by atoms with Crippen LogP contribution in [0.15, 0.2) is 18.3 Å². The first-order chi connectivity index (χ1) is 8.19. The zero-order valence-electron chi connectivity index (χ0n) is 8.97. The van der Waals surface area contributed by atoms with Gasteiger partial charge in [-0.3, -0.25) is 9.89 Å². The van der Waals surface area contributed by atoms with E-state index in [1.165, 1.54) is 13.3 Å². The zero-order chi connectivity index (χ0) is 12.3. The van der Waals surface area contributed by atoms with Crippen molar-refractivity contribution in [1.29, 1.82) is 0 Å². The summed E-state index contributed by atoms with van der Waals surface area (Å²) in [6, 6.07) is 3.29. The minimum atomic E-state index is -0.443. The lowest BCUT2D eigenvalue weighted by molar-refractivity contribution is 0.101. The summed E-state index contributed by atoms with van der Waals surface area (Å²) in [6.07, 6.45) is 1.47. The number of rotatable bonds is 3. The van der Waals surface area contributed by atoms with Gasteiger partial charge in [-0.25, -0.2) is 4.98 Å². The van der Waals surface area contributed by atoms with Crippen molar-refractivity contribution in [2.75, 3.05) is 18.2 Å². The first-order valence-electron chi connectivity index (χ1n) is 4.68. The molecule has 2 heterocycles. The van der Waals surface area contributed by atoms with Gasteiger partial charge in [0.05, 0.1) is 19.0 Å². The number of aromatic amines is 1. The minimum absolute atomic E-state index is 0.0167. The molecule has 0 aliphatic heterocycles. The number of nitrogens with zero attached hydrogens (tertiary/aromatic N) is 3. The molecule has 0 aliphatic rings. The third-order valence-corrected chi connectivity index (χ3v) is 1.92. The maximum absolute atomic E-state index is 11.6. The largest absolute Gasteiger partial charge is 0.481 e. The van der Waals surface area contributed by atoms with Crippen molar-refractivity contribution in [2.45, 2.75) is 0 Å². The molecule has 0 aliphatic carbocycles. The molecular weight excluding hydrogens is 224 g/mol. The Labute approximate surface area is 96.2 Å². The summed E-state index contributed by atoms with van der Waals surface area (Å²) in [5.74, 6) is 0.0781. The molecular formula is C9H10N6O2. The molecule has 0 unspecified atom stereocenters. The van der Waals surface area contributed by atoms with Crippen molar-refractivity contribution >= 4 is 17.5 Å². The predicted octanol–water partition coefficient (Wildman–Crippen LogP) is 0.0428. The van der Waals surface area contributed by atoms with E-state index in [0.29, 0.717) is 11.6 Å². The Morgan fingerprint density at radius 2 is 2.35 bits per heavy atom. The van der Waals surface area contributed by atoms with Gasteiger partial charge in [0.2, 0.25) is 17.7 Å². The van der Waals surface area contributed by atoms with Gasteiger partial charge in [-0.05, 0) is 6.07 Å². The molecule has 0 aromatic carbocycles. The number of ether oxygens (including phenoxy) is 1. The van der Waals surface area contributed by atoms with E-state index in [1.54, 1.807) is 12.1 Å². The summed E-state index contributed by atoms with van der Waals surface area (Å²) < 4.78 is 4.89. The van der Waals surface area contributed by atoms with Gasteiger partial charge in [0.25, 0.3) is 5.91 Å². The van der Waals surface area contributed by atoms with Crippen LogP contribution in [0, 0.1) is 0 Å². The fourth-order valence-corrected chi connectivity index (χ4v) is 1.14. The lowest BCUT2D eigenvalue weighted by atomic mass is 10.4. The number of nitrogen functional groups attached to an aromatic ring is 1. The Balaban J connectivity index is 2.07. The summed E-state index contributed by atoms with van der Waals surface area (Å²) in [6.45, 7) is 0. The van der Waals surface area contributed by atoms with Crippen LogP contribution >= 0.6 is 0 Å². The fourth-order valence-electron chi connectivity index (χ4n) is 1.14. The normalized spacial score (nSPS) is 9.94. The van der Waals surface area contributed by atoms with Crippen molar-refractivity contribution in [3.05, 3.63) is 24.2 Å². The number of nitrogens with one attached hydrogen (secondary N) is 2. The van der Waals surface area contributed by atoms with Gasteiger partial charge in [-0.1, -0.05) is 0 Å². The predicted molar refractivity (Wildman–Crippen MR) is 59.5 cm³/mol. The smallest absolute Gasteiger partial charge is 0.293 e. The number of hydrogen-bond acceptors (Lipinski definition) is 6. The van der Waals surface area contributed by atoms with E-state index in [0.717, 1.165) is 0 Å². The third kappa shape index (κ3) is 2.48. The van der Waals surface area contributed by atoms with E-state index >= 15 is 0 Å². The monoisotopic (exact) mass is 234 g/mol. The van der Waals surface area contributed by atoms with Crippen LogP contribution in [0.1, 0.15) is 10.6 Å². The van der Waals surface area contributed by atoms with Crippen molar-refractivity contribution in [3.63, 3.8) is 0 Å². The van der Waals surface area contributed by atoms with Crippen LogP contribution in [0.5, 0.6) is 5.88 Å². The van der Waals surface area contributed by atoms with Gasteiger partial charge in [0.15, 0.2) is 0 Å². The number of aromatic nitrogens is 4. The van der Waals surface area contributed by atoms with E-state index < -0.39 is 5.91 Å². The van der Waals surface area contributed by atoms with Crippen molar-refractivity contribution in [2.24, 2.45) is 0 Å². The molecule has 8 nitrogen and oxygen atoms in total. The molecule has 0 spiro atoms. The highest BCUT2D eigenvalue weighted by Crippen LogP contribution is 2.11. The molecule has 0 fully saturated rings. The van der Waals surface area contributed by atoms with E-state index in [4.69, 9.17) is 10.5 Å². The summed E-state index contributed by atoms with van der Waals surface area (Å²) in [7, 11) is 1.51. The van der Waals surface area contributed by atoms with Crippen LogP contribution in [0.2, 0.25) is 0 Å². The highest BCUT2D eigenvalue weighted by molar-refractivity contribution is 6.01. The number of hydrogen-bond donors (Lipinski definition) is 3. The molecule has 1 amide bonds. The second kappa shape index (κ2) is 4.47. The zero-order valence-corrected chi connectivity index (χ0v) is 8.97. The molecule has 8 heteroatoms. The van der Waals surface area contributed by atoms with Gasteiger partial charge in [-0.15, -0.1) is 5.10 Å². The van der Waals surface area contributed by atoms with Crippen molar-refractivity contribution in [3.8, 4) is 5.88 Å². The molecule has 4 N–H and O–H groups in total. The summed E-state index contributed by atoms with van der Waals surface area (Å²) >= 11 is 0. The Bertz CT molecular complexity index is 521. The molecule has 0 radical (unpaired) electrons. The van der Waals surface area contributed by atoms with E-state index in [2.05, 4.69) is 25.5 Å². The lowest BCUT2D eigenvalue weighted by Gasteiger charge is -2.03. The lowest BCUT2D eigenvalue weighted by Crippen LogP contribution is -2.14. The summed E-state index contributed by atoms with van der Waals surface area (Å²) in [5, 5.41) is 8.53. The molecule has 17 heavy (non-hydrogen) atoms. The minimum Gasteiger partial charge on any atom is -0.481 e. The van der Waals surface area contributed by atoms with Crippen LogP contribution < -0.4 is 15.8 Å². The maximum Gasteiger partial charge on any atom is 0.293 e. The highest BCUT2D eigenvalue weighted by atomic mass is 16.5. The number of methoxy groups -OCH3 is 1. The maximum atomic E-state index is 11.6. The average molecular weight is 234 g/mol. The second-order valence-electron chi connectivity index (χ2n) is 3.09. The first kappa shape index (κ1) is 10.9. The van der Waals surface area contributed by atoms with E-state index in [9.17, 15) is 4.79 Å². The van der Waals surface area contributed by atoms with Crippen LogP contribution in [0.3, 0.4) is 0 Å². The average Bonchev–Trinajstić information content (AvgIpc) is 2.77. The second-order valence-corrected chi connectivity index (χ2v) is 3.09. The van der Waals surface area contributed by atoms with Gasteiger partial charge in [0.1, 0.15) is 0 Å². The molecule has 0 atom stereocenters.